The summed E-state index contributed by atoms with van der Waals surface area (Å²) in [6.45, 7) is 5.11. The van der Waals surface area contributed by atoms with Crippen molar-refractivity contribution in [2.45, 2.75) is 52.1 Å². The summed E-state index contributed by atoms with van der Waals surface area (Å²) in [7, 11) is 0. The van der Waals surface area contributed by atoms with Crippen molar-refractivity contribution in [1.29, 1.82) is 0 Å². The second-order valence-corrected chi connectivity index (χ2v) is 4.81. The SMILES string of the molecule is CCC1CCC(NCc2cnc(C)cn2)C1. The molecule has 0 bridgehead atoms. The van der Waals surface area contributed by atoms with Crippen LogP contribution in [0.15, 0.2) is 12.4 Å². The summed E-state index contributed by atoms with van der Waals surface area (Å²) in [6.07, 6.45) is 9.05. The molecule has 1 aliphatic rings. The number of hydrogen-bond acceptors (Lipinski definition) is 3. The Kier molecular flexibility index (Phi) is 3.88. The topological polar surface area (TPSA) is 37.8 Å². The lowest BCUT2D eigenvalue weighted by Crippen LogP contribution is -2.26. The average molecular weight is 219 g/mol. The highest BCUT2D eigenvalue weighted by Gasteiger charge is 2.22. The molecule has 2 unspecified atom stereocenters. The van der Waals surface area contributed by atoms with Crippen LogP contribution in [0.4, 0.5) is 0 Å². The summed E-state index contributed by atoms with van der Waals surface area (Å²) in [4.78, 5) is 8.61. The monoisotopic (exact) mass is 219 g/mol. The standard InChI is InChI=1S/C13H21N3/c1-3-11-4-5-12(6-11)16-9-13-8-14-10(2)7-15-13/h7-8,11-12,16H,3-6,9H2,1-2H3. The number of hydrogen-bond donors (Lipinski definition) is 1. The van der Waals surface area contributed by atoms with Gasteiger partial charge in [-0.25, -0.2) is 0 Å². The molecule has 3 heteroatoms. The Morgan fingerprint density at radius 1 is 1.31 bits per heavy atom. The number of rotatable bonds is 4. The van der Waals surface area contributed by atoms with Gasteiger partial charge in [0.2, 0.25) is 0 Å². The lowest BCUT2D eigenvalue weighted by Gasteiger charge is -2.12. The van der Waals surface area contributed by atoms with Crippen molar-refractivity contribution in [2.24, 2.45) is 5.92 Å². The summed E-state index contributed by atoms with van der Waals surface area (Å²) in [5.41, 5.74) is 2.03. The third-order valence-corrected chi connectivity index (χ3v) is 3.52. The van der Waals surface area contributed by atoms with Crippen LogP contribution < -0.4 is 5.32 Å². The maximum Gasteiger partial charge on any atom is 0.0724 e. The molecule has 2 atom stereocenters. The lowest BCUT2D eigenvalue weighted by atomic mass is 10.1. The van der Waals surface area contributed by atoms with E-state index in [9.17, 15) is 0 Å². The van der Waals surface area contributed by atoms with E-state index < -0.39 is 0 Å². The smallest absolute Gasteiger partial charge is 0.0724 e. The minimum Gasteiger partial charge on any atom is -0.308 e. The second kappa shape index (κ2) is 5.39. The van der Waals surface area contributed by atoms with Crippen LogP contribution in [-0.2, 0) is 6.54 Å². The molecule has 1 aliphatic carbocycles. The zero-order chi connectivity index (χ0) is 11.4. The van der Waals surface area contributed by atoms with Gasteiger partial charge >= 0.3 is 0 Å². The van der Waals surface area contributed by atoms with Crippen LogP contribution in [0.25, 0.3) is 0 Å². The Morgan fingerprint density at radius 2 is 2.19 bits per heavy atom. The van der Waals surface area contributed by atoms with Crippen LogP contribution in [0.5, 0.6) is 0 Å². The first kappa shape index (κ1) is 11.5. The molecule has 0 aliphatic heterocycles. The average Bonchev–Trinajstić information content (AvgIpc) is 2.76. The molecule has 2 rings (SSSR count). The summed E-state index contributed by atoms with van der Waals surface area (Å²) in [5, 5.41) is 3.58. The van der Waals surface area contributed by atoms with Crippen molar-refractivity contribution >= 4 is 0 Å². The molecule has 0 aromatic carbocycles. The van der Waals surface area contributed by atoms with Crippen molar-refractivity contribution in [3.63, 3.8) is 0 Å². The van der Waals surface area contributed by atoms with Gasteiger partial charge in [0.05, 0.1) is 11.4 Å². The van der Waals surface area contributed by atoms with Crippen LogP contribution >= 0.6 is 0 Å². The van der Waals surface area contributed by atoms with Crippen molar-refractivity contribution in [3.8, 4) is 0 Å². The van der Waals surface area contributed by atoms with Crippen molar-refractivity contribution in [2.75, 3.05) is 0 Å². The quantitative estimate of drug-likeness (QED) is 0.845. The highest BCUT2D eigenvalue weighted by molar-refractivity contribution is 5.00. The van der Waals surface area contributed by atoms with E-state index in [-0.39, 0.29) is 0 Å². The van der Waals surface area contributed by atoms with Crippen molar-refractivity contribution < 1.29 is 0 Å². The normalized spacial score (nSPS) is 24.9. The van der Waals surface area contributed by atoms with E-state index in [1.165, 1.54) is 25.7 Å². The number of nitrogens with one attached hydrogen (secondary N) is 1. The molecule has 1 fully saturated rings. The fraction of sp³-hybridized carbons (Fsp3) is 0.692. The molecule has 3 nitrogen and oxygen atoms in total. The Morgan fingerprint density at radius 3 is 2.81 bits per heavy atom. The Balaban J connectivity index is 1.77. The zero-order valence-corrected chi connectivity index (χ0v) is 10.2. The van der Waals surface area contributed by atoms with E-state index >= 15 is 0 Å². The first-order valence-electron chi connectivity index (χ1n) is 6.29. The van der Waals surface area contributed by atoms with Gasteiger partial charge in [-0.3, -0.25) is 9.97 Å². The van der Waals surface area contributed by atoms with E-state index in [1.807, 2.05) is 19.3 Å². The molecule has 88 valence electrons. The highest BCUT2D eigenvalue weighted by atomic mass is 14.9. The molecular weight excluding hydrogens is 198 g/mol. The zero-order valence-electron chi connectivity index (χ0n) is 10.2. The van der Waals surface area contributed by atoms with Crippen molar-refractivity contribution in [3.05, 3.63) is 23.8 Å². The second-order valence-electron chi connectivity index (χ2n) is 4.81. The maximum absolute atomic E-state index is 4.35. The van der Waals surface area contributed by atoms with E-state index in [0.29, 0.717) is 6.04 Å². The molecule has 1 heterocycles. The molecule has 1 aromatic rings. The van der Waals surface area contributed by atoms with Gasteiger partial charge in [-0.15, -0.1) is 0 Å². The Hall–Kier alpha value is -0.960. The molecule has 1 saturated carbocycles. The molecule has 1 aromatic heterocycles. The first-order chi connectivity index (χ1) is 7.78. The van der Waals surface area contributed by atoms with Crippen LogP contribution in [0.1, 0.15) is 44.0 Å². The molecule has 0 spiro atoms. The fourth-order valence-electron chi connectivity index (χ4n) is 2.39. The minimum atomic E-state index is 0.688. The number of aryl methyl sites for hydroxylation is 1. The molecule has 0 amide bonds. The molecular formula is C13H21N3. The minimum absolute atomic E-state index is 0.688. The number of nitrogens with zero attached hydrogens (tertiary/aromatic N) is 2. The summed E-state index contributed by atoms with van der Waals surface area (Å²) in [6, 6.07) is 0.688. The Labute approximate surface area is 97.7 Å². The summed E-state index contributed by atoms with van der Waals surface area (Å²) < 4.78 is 0. The maximum atomic E-state index is 4.35. The van der Waals surface area contributed by atoms with Gasteiger partial charge in [0.1, 0.15) is 0 Å². The first-order valence-corrected chi connectivity index (χ1v) is 6.29. The van der Waals surface area contributed by atoms with Gasteiger partial charge in [-0.1, -0.05) is 13.3 Å². The summed E-state index contributed by atoms with van der Waals surface area (Å²) >= 11 is 0. The Bertz CT molecular complexity index is 320. The fourth-order valence-corrected chi connectivity index (χ4v) is 2.39. The lowest BCUT2D eigenvalue weighted by molar-refractivity contribution is 0.474. The van der Waals surface area contributed by atoms with Crippen LogP contribution in [0.2, 0.25) is 0 Å². The van der Waals surface area contributed by atoms with E-state index in [2.05, 4.69) is 22.2 Å². The van der Waals surface area contributed by atoms with E-state index in [1.54, 1.807) is 0 Å². The van der Waals surface area contributed by atoms with E-state index in [0.717, 1.165) is 23.9 Å². The summed E-state index contributed by atoms with van der Waals surface area (Å²) in [5.74, 6) is 0.932. The van der Waals surface area contributed by atoms with Gasteiger partial charge < -0.3 is 5.32 Å². The molecule has 0 radical (unpaired) electrons. The largest absolute Gasteiger partial charge is 0.308 e. The molecule has 0 saturated heterocycles. The highest BCUT2D eigenvalue weighted by Crippen LogP contribution is 2.27. The van der Waals surface area contributed by atoms with E-state index in [4.69, 9.17) is 0 Å². The third kappa shape index (κ3) is 3.01. The van der Waals surface area contributed by atoms with Gasteiger partial charge in [0, 0.05) is 25.0 Å². The van der Waals surface area contributed by atoms with Crippen LogP contribution in [0, 0.1) is 12.8 Å². The third-order valence-electron chi connectivity index (χ3n) is 3.52. The number of aromatic nitrogens is 2. The van der Waals surface area contributed by atoms with Gasteiger partial charge in [0.25, 0.3) is 0 Å². The van der Waals surface area contributed by atoms with Crippen LogP contribution in [0.3, 0.4) is 0 Å². The predicted molar refractivity (Wildman–Crippen MR) is 65.0 cm³/mol. The van der Waals surface area contributed by atoms with Crippen LogP contribution in [-0.4, -0.2) is 16.0 Å². The van der Waals surface area contributed by atoms with Gasteiger partial charge in [-0.05, 0) is 32.1 Å². The predicted octanol–water partition coefficient (Wildman–Crippen LogP) is 2.45. The van der Waals surface area contributed by atoms with Gasteiger partial charge in [0.15, 0.2) is 0 Å². The van der Waals surface area contributed by atoms with Crippen molar-refractivity contribution in [1.82, 2.24) is 15.3 Å². The molecule has 1 N–H and O–H groups in total. The molecule has 16 heavy (non-hydrogen) atoms. The van der Waals surface area contributed by atoms with Gasteiger partial charge in [-0.2, -0.15) is 0 Å².